The number of carbonyl (C=O) groups excluding carboxylic acids is 1. The lowest BCUT2D eigenvalue weighted by Gasteiger charge is -2.34. The molecule has 0 saturated heterocycles. The van der Waals surface area contributed by atoms with Crippen molar-refractivity contribution in [3.63, 3.8) is 0 Å². The average Bonchev–Trinajstić information content (AvgIpc) is 3.23. The number of hydrogen-bond acceptors (Lipinski definition) is 6. The Balaban J connectivity index is 1.55. The van der Waals surface area contributed by atoms with Crippen LogP contribution < -0.4 is 4.90 Å². The van der Waals surface area contributed by atoms with Gasteiger partial charge in [-0.1, -0.05) is 47.7 Å². The second-order valence-electron chi connectivity index (χ2n) is 11.6. The number of nitrogens with zero attached hydrogens (tertiary/aromatic N) is 5. The molecule has 0 spiro atoms. The van der Waals surface area contributed by atoms with E-state index >= 15 is 0 Å². The first-order chi connectivity index (χ1) is 19.1. The predicted octanol–water partition coefficient (Wildman–Crippen LogP) is 5.76. The number of hydrogen-bond donors (Lipinski definition) is 0. The SMILES string of the molecule is CCN1CCN(Cc2cc(C(c3ccc4c(nnn4C)c3C)C(C)(C)C(=O)OC)ccc2C)Cc2ccccc21. The van der Waals surface area contributed by atoms with Crippen molar-refractivity contribution in [1.29, 1.82) is 0 Å². The Hall–Kier alpha value is -3.71. The van der Waals surface area contributed by atoms with E-state index in [-0.39, 0.29) is 11.9 Å². The lowest BCUT2D eigenvalue weighted by Crippen LogP contribution is -2.34. The van der Waals surface area contributed by atoms with Crippen molar-refractivity contribution in [2.24, 2.45) is 12.5 Å². The standard InChI is InChI=1S/C33H41N5O2/c1-8-38-18-17-37(20-25-11-9-10-12-28(25)38)21-26-19-24(14-13-22(26)2)30(33(4,5)32(39)40-7)27-15-16-29-31(23(27)3)34-35-36(29)6/h9-16,19,30H,8,17-18,20-21H2,1-7H3. The maximum absolute atomic E-state index is 13.2. The highest BCUT2D eigenvalue weighted by Crippen LogP contribution is 2.44. The number of methoxy groups -OCH3 is 1. The number of fused-ring (bicyclic) bond motifs is 2. The summed E-state index contributed by atoms with van der Waals surface area (Å²) in [5, 5.41) is 8.67. The van der Waals surface area contributed by atoms with Gasteiger partial charge in [0.25, 0.3) is 0 Å². The van der Waals surface area contributed by atoms with Crippen molar-refractivity contribution in [1.82, 2.24) is 19.9 Å². The zero-order chi connectivity index (χ0) is 28.6. The fraction of sp³-hybridized carbons (Fsp3) is 0.424. The van der Waals surface area contributed by atoms with Gasteiger partial charge < -0.3 is 9.64 Å². The number of esters is 1. The molecular formula is C33H41N5O2. The van der Waals surface area contributed by atoms with Gasteiger partial charge in [-0.3, -0.25) is 9.69 Å². The highest BCUT2D eigenvalue weighted by molar-refractivity contribution is 5.82. The molecule has 1 aliphatic heterocycles. The van der Waals surface area contributed by atoms with Crippen LogP contribution in [0.5, 0.6) is 0 Å². The first kappa shape index (κ1) is 27.8. The summed E-state index contributed by atoms with van der Waals surface area (Å²) < 4.78 is 7.12. The molecule has 1 atom stereocenters. The molecule has 3 aromatic carbocycles. The normalized spacial score (nSPS) is 15.1. The molecule has 210 valence electrons. The lowest BCUT2D eigenvalue weighted by atomic mass is 9.69. The van der Waals surface area contributed by atoms with E-state index in [2.05, 4.69) is 95.5 Å². The van der Waals surface area contributed by atoms with E-state index < -0.39 is 5.41 Å². The Morgan fingerprint density at radius 2 is 1.85 bits per heavy atom. The summed E-state index contributed by atoms with van der Waals surface area (Å²) in [6.07, 6.45) is 0. The minimum absolute atomic E-state index is 0.217. The Morgan fingerprint density at radius 1 is 1.07 bits per heavy atom. The molecule has 0 saturated carbocycles. The minimum Gasteiger partial charge on any atom is -0.469 e. The van der Waals surface area contributed by atoms with Crippen LogP contribution in [0.3, 0.4) is 0 Å². The first-order valence-corrected chi connectivity index (χ1v) is 14.2. The van der Waals surface area contributed by atoms with Crippen molar-refractivity contribution in [2.75, 3.05) is 31.6 Å². The molecule has 0 radical (unpaired) electrons. The van der Waals surface area contributed by atoms with Gasteiger partial charge in [0.2, 0.25) is 0 Å². The summed E-state index contributed by atoms with van der Waals surface area (Å²) in [7, 11) is 3.37. The molecule has 0 N–H and O–H groups in total. The maximum Gasteiger partial charge on any atom is 0.312 e. The third-order valence-corrected chi connectivity index (χ3v) is 8.72. The van der Waals surface area contributed by atoms with E-state index in [1.54, 1.807) is 4.68 Å². The second-order valence-corrected chi connectivity index (χ2v) is 11.6. The summed E-state index contributed by atoms with van der Waals surface area (Å²) in [4.78, 5) is 18.2. The molecule has 0 aliphatic carbocycles. The average molecular weight is 540 g/mol. The molecule has 40 heavy (non-hydrogen) atoms. The molecule has 0 fully saturated rings. The van der Waals surface area contributed by atoms with Gasteiger partial charge in [-0.15, -0.1) is 5.10 Å². The van der Waals surface area contributed by atoms with Gasteiger partial charge in [0.15, 0.2) is 0 Å². The van der Waals surface area contributed by atoms with Gasteiger partial charge in [0.05, 0.1) is 18.0 Å². The van der Waals surface area contributed by atoms with Crippen LogP contribution in [0, 0.1) is 19.3 Å². The number of aromatic nitrogens is 3. The van der Waals surface area contributed by atoms with Crippen LogP contribution in [0.25, 0.3) is 11.0 Å². The van der Waals surface area contributed by atoms with E-state index in [0.717, 1.165) is 60.4 Å². The van der Waals surface area contributed by atoms with Crippen molar-refractivity contribution in [3.05, 3.63) is 88.0 Å². The summed E-state index contributed by atoms with van der Waals surface area (Å²) >= 11 is 0. The Kier molecular flexibility index (Phi) is 7.69. The minimum atomic E-state index is -0.801. The molecular weight excluding hydrogens is 498 g/mol. The van der Waals surface area contributed by atoms with Crippen molar-refractivity contribution >= 4 is 22.7 Å². The van der Waals surface area contributed by atoms with Crippen LogP contribution in [0.1, 0.15) is 60.1 Å². The second kappa shape index (κ2) is 11.0. The molecule has 7 heteroatoms. The third-order valence-electron chi connectivity index (χ3n) is 8.72. The smallest absolute Gasteiger partial charge is 0.312 e. The van der Waals surface area contributed by atoms with Crippen LogP contribution in [0.2, 0.25) is 0 Å². The number of rotatable bonds is 7. The zero-order valence-electron chi connectivity index (χ0n) is 24.9. The van der Waals surface area contributed by atoms with Gasteiger partial charge in [-0.25, -0.2) is 4.68 Å². The van der Waals surface area contributed by atoms with Gasteiger partial charge in [0, 0.05) is 51.4 Å². The molecule has 4 aromatic rings. The Labute approximate surface area is 237 Å². The van der Waals surface area contributed by atoms with E-state index in [1.165, 1.54) is 29.5 Å². The van der Waals surface area contributed by atoms with E-state index in [1.807, 2.05) is 20.9 Å². The lowest BCUT2D eigenvalue weighted by molar-refractivity contribution is -0.151. The summed E-state index contributed by atoms with van der Waals surface area (Å²) in [5.41, 5.74) is 9.50. The number of ether oxygens (including phenoxy) is 1. The van der Waals surface area contributed by atoms with Gasteiger partial charge in [0.1, 0.15) is 5.52 Å². The quantitative estimate of drug-likeness (QED) is 0.278. The molecule has 0 bridgehead atoms. The fourth-order valence-corrected chi connectivity index (χ4v) is 6.33. The largest absolute Gasteiger partial charge is 0.469 e. The number of para-hydroxylation sites is 1. The van der Waals surface area contributed by atoms with E-state index in [9.17, 15) is 4.79 Å². The van der Waals surface area contributed by atoms with Crippen LogP contribution in [0.4, 0.5) is 5.69 Å². The highest BCUT2D eigenvalue weighted by atomic mass is 16.5. The Bertz CT molecular complexity index is 1540. The predicted molar refractivity (Wildman–Crippen MR) is 161 cm³/mol. The van der Waals surface area contributed by atoms with E-state index in [4.69, 9.17) is 4.74 Å². The van der Waals surface area contributed by atoms with Gasteiger partial charge in [-0.05, 0) is 80.1 Å². The van der Waals surface area contributed by atoms with Gasteiger partial charge >= 0.3 is 5.97 Å². The number of likely N-dealkylation sites (N-methyl/N-ethyl adjacent to an activating group) is 1. The molecule has 7 nitrogen and oxygen atoms in total. The van der Waals surface area contributed by atoms with Crippen LogP contribution in [-0.4, -0.2) is 52.6 Å². The van der Waals surface area contributed by atoms with Crippen LogP contribution in [0.15, 0.2) is 54.6 Å². The molecule has 0 amide bonds. The Morgan fingerprint density at radius 3 is 2.60 bits per heavy atom. The van der Waals surface area contributed by atoms with Crippen molar-refractivity contribution in [2.45, 2.75) is 53.6 Å². The molecule has 2 heterocycles. The monoisotopic (exact) mass is 539 g/mol. The number of benzene rings is 3. The van der Waals surface area contributed by atoms with E-state index in [0.29, 0.717) is 0 Å². The van der Waals surface area contributed by atoms with Crippen molar-refractivity contribution in [3.8, 4) is 0 Å². The van der Waals surface area contributed by atoms with Crippen LogP contribution in [-0.2, 0) is 29.7 Å². The third kappa shape index (κ3) is 4.99. The number of carbonyl (C=O) groups is 1. The number of anilines is 1. The number of aryl methyl sites for hydroxylation is 3. The molecule has 1 aliphatic rings. The maximum atomic E-state index is 13.2. The molecule has 5 rings (SSSR count). The fourth-order valence-electron chi connectivity index (χ4n) is 6.33. The zero-order valence-corrected chi connectivity index (χ0v) is 24.9. The van der Waals surface area contributed by atoms with Gasteiger partial charge in [-0.2, -0.15) is 0 Å². The highest BCUT2D eigenvalue weighted by Gasteiger charge is 2.41. The molecule has 1 unspecified atom stereocenters. The summed E-state index contributed by atoms with van der Waals surface area (Å²) in [6, 6.07) is 19.6. The summed E-state index contributed by atoms with van der Waals surface area (Å²) in [5.74, 6) is -0.451. The van der Waals surface area contributed by atoms with Crippen molar-refractivity contribution < 1.29 is 9.53 Å². The summed E-state index contributed by atoms with van der Waals surface area (Å²) in [6.45, 7) is 15.2. The van der Waals surface area contributed by atoms with Crippen LogP contribution >= 0.6 is 0 Å². The first-order valence-electron chi connectivity index (χ1n) is 14.2. The topological polar surface area (TPSA) is 63.5 Å². The molecule has 1 aromatic heterocycles.